The highest BCUT2D eigenvalue weighted by molar-refractivity contribution is 7.14. The van der Waals surface area contributed by atoms with Gasteiger partial charge in [-0.25, -0.2) is 4.98 Å². The summed E-state index contributed by atoms with van der Waals surface area (Å²) in [6, 6.07) is 12.2. The van der Waals surface area contributed by atoms with Crippen LogP contribution in [0.5, 0.6) is 5.75 Å². The number of halogens is 1. The third kappa shape index (κ3) is 3.65. The van der Waals surface area contributed by atoms with Crippen LogP contribution in [-0.2, 0) is 4.79 Å². The molecule has 1 atom stereocenters. The fraction of sp³-hybridized carbons (Fsp3) is 0.105. The van der Waals surface area contributed by atoms with Crippen LogP contribution < -0.4 is 15.4 Å². The lowest BCUT2D eigenvalue weighted by molar-refractivity contribution is -0.122. The van der Waals surface area contributed by atoms with Gasteiger partial charge in [0.15, 0.2) is 11.2 Å². The van der Waals surface area contributed by atoms with E-state index >= 15 is 0 Å². The Morgan fingerprint density at radius 3 is 2.96 bits per heavy atom. The fourth-order valence-electron chi connectivity index (χ4n) is 2.63. The second-order valence-corrected chi connectivity index (χ2v) is 7.26. The highest BCUT2D eigenvalue weighted by Crippen LogP contribution is 2.35. The first-order chi connectivity index (χ1) is 13.0. The molecule has 0 unspecified atom stereocenters. The molecule has 1 aromatic heterocycles. The molecule has 0 radical (unpaired) electrons. The predicted molar refractivity (Wildman–Crippen MR) is 106 cm³/mol. The van der Waals surface area contributed by atoms with Gasteiger partial charge in [0, 0.05) is 21.5 Å². The second-order valence-electron chi connectivity index (χ2n) is 5.96. The van der Waals surface area contributed by atoms with Gasteiger partial charge >= 0.3 is 0 Å². The number of hydrogen-bond acceptors (Lipinski definition) is 5. The van der Waals surface area contributed by atoms with E-state index < -0.39 is 6.10 Å². The van der Waals surface area contributed by atoms with Crippen LogP contribution in [0.15, 0.2) is 47.8 Å². The van der Waals surface area contributed by atoms with Crippen molar-refractivity contribution in [3.63, 3.8) is 0 Å². The van der Waals surface area contributed by atoms with E-state index in [1.165, 1.54) is 11.3 Å². The molecule has 2 N–H and O–H groups in total. The highest BCUT2D eigenvalue weighted by Gasteiger charge is 2.24. The lowest BCUT2D eigenvalue weighted by Gasteiger charge is -2.23. The first-order valence-corrected chi connectivity index (χ1v) is 9.40. The summed E-state index contributed by atoms with van der Waals surface area (Å²) in [5.41, 5.74) is 2.57. The average molecular weight is 400 g/mol. The summed E-state index contributed by atoms with van der Waals surface area (Å²) < 4.78 is 5.55. The molecule has 2 aromatic carbocycles. The van der Waals surface area contributed by atoms with Crippen LogP contribution in [0.4, 0.5) is 10.8 Å². The number of thiazole rings is 1. The summed E-state index contributed by atoms with van der Waals surface area (Å²) in [4.78, 5) is 28.5. The molecule has 0 spiro atoms. The van der Waals surface area contributed by atoms with Gasteiger partial charge in [-0.05, 0) is 43.3 Å². The molecule has 3 aromatic rings. The zero-order chi connectivity index (χ0) is 19.0. The Labute approximate surface area is 164 Å². The van der Waals surface area contributed by atoms with Gasteiger partial charge < -0.3 is 10.1 Å². The molecule has 8 heteroatoms. The van der Waals surface area contributed by atoms with Crippen molar-refractivity contribution in [3.8, 4) is 17.0 Å². The lowest BCUT2D eigenvalue weighted by Crippen LogP contribution is -2.34. The summed E-state index contributed by atoms with van der Waals surface area (Å²) in [6.07, 6.45) is -0.518. The quantitative estimate of drug-likeness (QED) is 0.682. The van der Waals surface area contributed by atoms with Crippen LogP contribution in [0.1, 0.15) is 17.3 Å². The molecule has 1 aliphatic rings. The number of fused-ring (bicyclic) bond motifs is 1. The zero-order valence-corrected chi connectivity index (χ0v) is 15.7. The van der Waals surface area contributed by atoms with Crippen molar-refractivity contribution in [1.82, 2.24) is 4.98 Å². The Balaban J connectivity index is 1.54. The molecule has 136 valence electrons. The molecule has 27 heavy (non-hydrogen) atoms. The van der Waals surface area contributed by atoms with Crippen molar-refractivity contribution in [2.24, 2.45) is 0 Å². The number of nitrogens with one attached hydrogen (secondary N) is 2. The summed E-state index contributed by atoms with van der Waals surface area (Å²) in [6.45, 7) is 1.70. The lowest BCUT2D eigenvalue weighted by atomic mass is 10.1. The molecule has 0 saturated heterocycles. The van der Waals surface area contributed by atoms with Gasteiger partial charge in [0.1, 0.15) is 5.75 Å². The molecule has 1 aliphatic heterocycles. The van der Waals surface area contributed by atoms with Crippen LogP contribution in [-0.4, -0.2) is 22.9 Å². The van der Waals surface area contributed by atoms with Gasteiger partial charge in [-0.3, -0.25) is 14.9 Å². The predicted octanol–water partition coefficient (Wildman–Crippen LogP) is 4.44. The van der Waals surface area contributed by atoms with E-state index in [-0.39, 0.29) is 11.8 Å². The number of anilines is 2. The number of hydrogen-bond donors (Lipinski definition) is 2. The molecule has 6 nitrogen and oxygen atoms in total. The molecular weight excluding hydrogens is 386 g/mol. The van der Waals surface area contributed by atoms with Crippen LogP contribution >= 0.6 is 22.9 Å². The van der Waals surface area contributed by atoms with Crippen molar-refractivity contribution in [2.75, 3.05) is 10.6 Å². The van der Waals surface area contributed by atoms with E-state index in [4.69, 9.17) is 16.3 Å². The van der Waals surface area contributed by atoms with E-state index in [1.54, 1.807) is 43.3 Å². The van der Waals surface area contributed by atoms with Gasteiger partial charge in [0.2, 0.25) is 0 Å². The number of benzene rings is 2. The number of nitrogens with zero attached hydrogens (tertiary/aromatic N) is 1. The molecule has 2 heterocycles. The zero-order valence-electron chi connectivity index (χ0n) is 14.2. The van der Waals surface area contributed by atoms with Crippen LogP contribution in [0, 0.1) is 0 Å². The van der Waals surface area contributed by atoms with Gasteiger partial charge in [0.25, 0.3) is 11.8 Å². The number of carbonyl (C=O) groups is 2. The second kappa shape index (κ2) is 7.02. The number of aromatic nitrogens is 1. The maximum atomic E-state index is 12.3. The summed E-state index contributed by atoms with van der Waals surface area (Å²) in [5, 5.41) is 8.39. The maximum absolute atomic E-state index is 12.3. The van der Waals surface area contributed by atoms with Gasteiger partial charge in [-0.1, -0.05) is 17.7 Å². The van der Waals surface area contributed by atoms with Crippen LogP contribution in [0.25, 0.3) is 11.3 Å². The van der Waals surface area contributed by atoms with Gasteiger partial charge in [-0.2, -0.15) is 0 Å². The number of ether oxygens (including phenoxy) is 1. The van der Waals surface area contributed by atoms with Crippen molar-refractivity contribution < 1.29 is 14.3 Å². The molecule has 4 rings (SSSR count). The number of amides is 2. The standard InChI is InChI=1S/C19H14ClN3O3S/c1-10-17(24)21-14-8-11(5-6-16(14)26-10)15-9-27-19(22-15)23-18(25)12-3-2-4-13(20)7-12/h2-10H,1H3,(H,21,24)(H,22,23,25)/t10-/m1/s1. The van der Waals surface area contributed by atoms with Crippen molar-refractivity contribution in [3.05, 3.63) is 58.4 Å². The minimum Gasteiger partial charge on any atom is -0.479 e. The number of rotatable bonds is 3. The van der Waals surface area contributed by atoms with Crippen LogP contribution in [0.3, 0.4) is 0 Å². The van der Waals surface area contributed by atoms with E-state index in [0.717, 1.165) is 5.56 Å². The van der Waals surface area contributed by atoms with Crippen LogP contribution in [0.2, 0.25) is 5.02 Å². The Morgan fingerprint density at radius 2 is 2.15 bits per heavy atom. The highest BCUT2D eigenvalue weighted by atomic mass is 35.5. The van der Waals surface area contributed by atoms with E-state index in [1.807, 2.05) is 11.4 Å². The molecule has 0 bridgehead atoms. The maximum Gasteiger partial charge on any atom is 0.265 e. The average Bonchev–Trinajstić information content (AvgIpc) is 3.11. The molecule has 0 fully saturated rings. The fourth-order valence-corrected chi connectivity index (χ4v) is 3.54. The normalized spacial score (nSPS) is 15.5. The van der Waals surface area contributed by atoms with Crippen molar-refractivity contribution in [1.29, 1.82) is 0 Å². The topological polar surface area (TPSA) is 80.3 Å². The van der Waals surface area contributed by atoms with E-state index in [9.17, 15) is 9.59 Å². The Kier molecular flexibility index (Phi) is 4.55. The van der Waals surface area contributed by atoms with E-state index in [0.29, 0.717) is 32.8 Å². The Morgan fingerprint density at radius 1 is 1.30 bits per heavy atom. The summed E-state index contributed by atoms with van der Waals surface area (Å²) >= 11 is 7.24. The minimum atomic E-state index is -0.518. The smallest absolute Gasteiger partial charge is 0.265 e. The molecular formula is C19H14ClN3O3S. The molecule has 2 amide bonds. The minimum absolute atomic E-state index is 0.188. The summed E-state index contributed by atoms with van der Waals surface area (Å²) in [7, 11) is 0. The van der Waals surface area contributed by atoms with Gasteiger partial charge in [0.05, 0.1) is 11.4 Å². The van der Waals surface area contributed by atoms with Crippen molar-refractivity contribution in [2.45, 2.75) is 13.0 Å². The third-order valence-corrected chi connectivity index (χ3v) is 5.01. The number of carbonyl (C=O) groups excluding carboxylic acids is 2. The first-order valence-electron chi connectivity index (χ1n) is 8.14. The Hall–Kier alpha value is -2.90. The Bertz CT molecular complexity index is 1050. The monoisotopic (exact) mass is 399 g/mol. The van der Waals surface area contributed by atoms with Gasteiger partial charge in [-0.15, -0.1) is 11.3 Å². The van der Waals surface area contributed by atoms with Crippen molar-refractivity contribution >= 4 is 45.6 Å². The largest absolute Gasteiger partial charge is 0.479 e. The molecule has 0 saturated carbocycles. The SMILES string of the molecule is C[C@H]1Oc2ccc(-c3csc(NC(=O)c4cccc(Cl)c4)n3)cc2NC1=O. The summed E-state index contributed by atoms with van der Waals surface area (Å²) in [5.74, 6) is 0.154. The first kappa shape index (κ1) is 17.5. The van der Waals surface area contributed by atoms with E-state index in [2.05, 4.69) is 15.6 Å². The molecule has 0 aliphatic carbocycles. The third-order valence-electron chi connectivity index (χ3n) is 4.02.